The first-order valence-electron chi connectivity index (χ1n) is 4.83. The summed E-state index contributed by atoms with van der Waals surface area (Å²) in [5, 5.41) is 9.51. The van der Waals surface area contributed by atoms with Crippen LogP contribution in [0.1, 0.15) is 17.2 Å². The lowest BCUT2D eigenvalue weighted by Crippen LogP contribution is -2.03. The molecule has 0 spiro atoms. The third kappa shape index (κ3) is 2.40. The molecule has 0 fully saturated rings. The monoisotopic (exact) mass is 247 g/mol. The molecule has 1 heterocycles. The quantitative estimate of drug-likeness (QED) is 0.820. The Morgan fingerprint density at radius 1 is 1.35 bits per heavy atom. The Bertz CT molecular complexity index is 566. The number of benzene rings is 1. The third-order valence-electron chi connectivity index (χ3n) is 2.30. The molecule has 1 aromatic heterocycles. The summed E-state index contributed by atoms with van der Waals surface area (Å²) in [4.78, 5) is 7.71. The van der Waals surface area contributed by atoms with Crippen molar-refractivity contribution in [3.05, 3.63) is 58.9 Å². The van der Waals surface area contributed by atoms with Gasteiger partial charge in [0.25, 0.3) is 0 Å². The number of aromatic nitrogens is 2. The molecule has 17 heavy (non-hydrogen) atoms. The minimum absolute atomic E-state index is 0.221. The molecule has 0 bridgehead atoms. The second-order valence-corrected chi connectivity index (χ2v) is 3.80. The van der Waals surface area contributed by atoms with Gasteiger partial charge in [-0.2, -0.15) is 5.26 Å². The Kier molecular flexibility index (Phi) is 3.31. The number of hydrogen-bond acceptors (Lipinski definition) is 3. The van der Waals surface area contributed by atoms with Gasteiger partial charge >= 0.3 is 0 Å². The molecule has 0 aliphatic carbocycles. The van der Waals surface area contributed by atoms with Crippen LogP contribution in [0.25, 0.3) is 0 Å². The van der Waals surface area contributed by atoms with Crippen LogP contribution >= 0.6 is 11.6 Å². The Morgan fingerprint density at radius 2 is 2.18 bits per heavy atom. The fourth-order valence-electron chi connectivity index (χ4n) is 1.50. The van der Waals surface area contributed by atoms with Crippen LogP contribution in [-0.4, -0.2) is 9.97 Å². The summed E-state index contributed by atoms with van der Waals surface area (Å²) in [6, 6.07) is 7.71. The molecule has 1 atom stereocenters. The average molecular weight is 248 g/mol. The van der Waals surface area contributed by atoms with Crippen LogP contribution in [0.3, 0.4) is 0 Å². The normalized spacial score (nSPS) is 11.8. The van der Waals surface area contributed by atoms with Crippen LogP contribution < -0.4 is 0 Å². The third-order valence-corrected chi connectivity index (χ3v) is 2.53. The van der Waals surface area contributed by atoms with Crippen molar-refractivity contribution in [1.29, 1.82) is 5.26 Å². The molecule has 0 N–H and O–H groups in total. The van der Waals surface area contributed by atoms with Gasteiger partial charge < -0.3 is 0 Å². The maximum absolute atomic E-state index is 13.6. The van der Waals surface area contributed by atoms with E-state index in [0.29, 0.717) is 10.7 Å². The molecular weight excluding hydrogens is 241 g/mol. The molecule has 84 valence electrons. The van der Waals surface area contributed by atoms with Gasteiger partial charge in [-0.05, 0) is 24.3 Å². The predicted octanol–water partition coefficient (Wildman–Crippen LogP) is 2.92. The van der Waals surface area contributed by atoms with Gasteiger partial charge in [0.15, 0.2) is 0 Å². The highest BCUT2D eigenvalue weighted by atomic mass is 35.5. The standard InChI is InChI=1S/C12H7ClFN3/c13-8-1-2-11(14)9(5-8)10(6-15)12-3-4-16-7-17-12/h1-5,7,10H. The van der Waals surface area contributed by atoms with E-state index in [4.69, 9.17) is 16.9 Å². The Balaban J connectivity index is 2.51. The van der Waals surface area contributed by atoms with Crippen LogP contribution in [0.2, 0.25) is 5.02 Å². The maximum atomic E-state index is 13.6. The molecule has 0 saturated heterocycles. The molecule has 0 saturated carbocycles. The van der Waals surface area contributed by atoms with Crippen molar-refractivity contribution in [3.8, 4) is 6.07 Å². The van der Waals surface area contributed by atoms with Crippen LogP contribution in [0.15, 0.2) is 36.8 Å². The van der Waals surface area contributed by atoms with E-state index in [1.54, 1.807) is 6.07 Å². The van der Waals surface area contributed by atoms with Crippen LogP contribution in [-0.2, 0) is 0 Å². The first kappa shape index (κ1) is 11.5. The molecule has 0 aliphatic rings. The van der Waals surface area contributed by atoms with Crippen LogP contribution in [0.5, 0.6) is 0 Å². The molecule has 0 radical (unpaired) electrons. The first-order chi connectivity index (χ1) is 8.22. The molecule has 5 heteroatoms. The maximum Gasteiger partial charge on any atom is 0.128 e. The highest BCUT2D eigenvalue weighted by Crippen LogP contribution is 2.26. The average Bonchev–Trinajstić information content (AvgIpc) is 2.36. The first-order valence-corrected chi connectivity index (χ1v) is 5.20. The van der Waals surface area contributed by atoms with Crippen molar-refractivity contribution in [3.63, 3.8) is 0 Å². The minimum atomic E-state index is -0.781. The largest absolute Gasteiger partial charge is 0.245 e. The number of rotatable bonds is 2. The van der Waals surface area contributed by atoms with Crippen molar-refractivity contribution in [2.75, 3.05) is 0 Å². The van der Waals surface area contributed by atoms with Crippen molar-refractivity contribution in [2.45, 2.75) is 5.92 Å². The van der Waals surface area contributed by atoms with Gasteiger partial charge in [0.2, 0.25) is 0 Å². The van der Waals surface area contributed by atoms with Gasteiger partial charge in [0.05, 0.1) is 11.8 Å². The Morgan fingerprint density at radius 3 is 2.82 bits per heavy atom. The van der Waals surface area contributed by atoms with E-state index in [1.165, 1.54) is 30.7 Å². The summed E-state index contributed by atoms with van der Waals surface area (Å²) in [5.41, 5.74) is 0.669. The highest BCUT2D eigenvalue weighted by Gasteiger charge is 2.18. The summed E-state index contributed by atoms with van der Waals surface area (Å²) in [7, 11) is 0. The fraction of sp³-hybridized carbons (Fsp3) is 0.0833. The summed E-state index contributed by atoms with van der Waals surface area (Å²) in [6.07, 6.45) is 2.83. The van der Waals surface area contributed by atoms with E-state index >= 15 is 0 Å². The molecular formula is C12H7ClFN3. The van der Waals surface area contributed by atoms with Gasteiger partial charge in [-0.25, -0.2) is 14.4 Å². The molecule has 1 aromatic carbocycles. The topological polar surface area (TPSA) is 49.6 Å². The van der Waals surface area contributed by atoms with E-state index in [-0.39, 0.29) is 5.56 Å². The highest BCUT2D eigenvalue weighted by molar-refractivity contribution is 6.30. The predicted molar refractivity (Wildman–Crippen MR) is 60.9 cm³/mol. The summed E-state index contributed by atoms with van der Waals surface area (Å²) in [5.74, 6) is -1.25. The number of nitriles is 1. The summed E-state index contributed by atoms with van der Waals surface area (Å²) in [6.45, 7) is 0. The summed E-state index contributed by atoms with van der Waals surface area (Å²) >= 11 is 5.80. The van der Waals surface area contributed by atoms with E-state index in [9.17, 15) is 4.39 Å². The van der Waals surface area contributed by atoms with E-state index in [2.05, 4.69) is 9.97 Å². The van der Waals surface area contributed by atoms with Gasteiger partial charge in [-0.15, -0.1) is 0 Å². The van der Waals surface area contributed by atoms with Gasteiger partial charge in [0.1, 0.15) is 18.1 Å². The van der Waals surface area contributed by atoms with Crippen LogP contribution in [0.4, 0.5) is 4.39 Å². The molecule has 1 unspecified atom stereocenters. The smallest absolute Gasteiger partial charge is 0.128 e. The summed E-state index contributed by atoms with van der Waals surface area (Å²) < 4.78 is 13.6. The van der Waals surface area contributed by atoms with E-state index in [0.717, 1.165) is 0 Å². The Labute approximate surface area is 103 Å². The number of nitrogens with zero attached hydrogens (tertiary/aromatic N) is 3. The van der Waals surface area contributed by atoms with E-state index in [1.807, 2.05) is 6.07 Å². The molecule has 2 aromatic rings. The van der Waals surface area contributed by atoms with Crippen molar-refractivity contribution >= 4 is 11.6 Å². The second kappa shape index (κ2) is 4.89. The van der Waals surface area contributed by atoms with Gasteiger partial charge in [-0.1, -0.05) is 11.6 Å². The zero-order valence-electron chi connectivity index (χ0n) is 8.64. The van der Waals surface area contributed by atoms with E-state index < -0.39 is 11.7 Å². The fourth-order valence-corrected chi connectivity index (χ4v) is 1.68. The molecule has 0 amide bonds. The zero-order chi connectivity index (χ0) is 12.3. The van der Waals surface area contributed by atoms with Gasteiger partial charge in [-0.3, -0.25) is 0 Å². The SMILES string of the molecule is N#CC(c1ccncn1)c1cc(Cl)ccc1F. The van der Waals surface area contributed by atoms with Crippen molar-refractivity contribution < 1.29 is 4.39 Å². The molecule has 2 rings (SSSR count). The van der Waals surface area contributed by atoms with Crippen LogP contribution in [0, 0.1) is 17.1 Å². The lowest BCUT2D eigenvalue weighted by molar-refractivity contribution is 0.608. The van der Waals surface area contributed by atoms with Crippen molar-refractivity contribution in [1.82, 2.24) is 9.97 Å². The lowest BCUT2D eigenvalue weighted by atomic mass is 9.96. The molecule has 0 aliphatic heterocycles. The lowest BCUT2D eigenvalue weighted by Gasteiger charge is -2.09. The van der Waals surface area contributed by atoms with Crippen molar-refractivity contribution in [2.24, 2.45) is 0 Å². The second-order valence-electron chi connectivity index (χ2n) is 3.36. The minimum Gasteiger partial charge on any atom is -0.245 e. The zero-order valence-corrected chi connectivity index (χ0v) is 9.39. The molecule has 3 nitrogen and oxygen atoms in total. The number of hydrogen-bond donors (Lipinski definition) is 0. The Hall–Kier alpha value is -1.99. The van der Waals surface area contributed by atoms with Gasteiger partial charge in [0, 0.05) is 16.8 Å². The number of halogens is 2.